The number of hydrogen-bond acceptors (Lipinski definition) is 3. The number of anilines is 1. The van der Waals surface area contributed by atoms with Crippen LogP contribution in [0.1, 0.15) is 22.8 Å². The van der Waals surface area contributed by atoms with Gasteiger partial charge in [0.05, 0.1) is 17.2 Å². The van der Waals surface area contributed by atoms with E-state index in [2.05, 4.69) is 10.3 Å². The van der Waals surface area contributed by atoms with Crippen LogP contribution in [0.5, 0.6) is 5.75 Å². The number of aromatic nitrogens is 2. The van der Waals surface area contributed by atoms with Crippen molar-refractivity contribution in [2.45, 2.75) is 13.8 Å². The van der Waals surface area contributed by atoms with Gasteiger partial charge in [0.2, 0.25) is 0 Å². The van der Waals surface area contributed by atoms with Gasteiger partial charge in [-0.05, 0) is 43.7 Å². The minimum absolute atomic E-state index is 0.290. The molecule has 0 saturated heterocycles. The number of benzene rings is 1. The number of pyridine rings is 1. The Bertz CT molecular complexity index is 901. The number of hydrogen-bond donors (Lipinski definition) is 1. The molecule has 0 radical (unpaired) electrons. The van der Waals surface area contributed by atoms with E-state index in [0.717, 1.165) is 22.3 Å². The van der Waals surface area contributed by atoms with E-state index in [4.69, 9.17) is 16.3 Å². The molecular formula is C18H18ClN3O2. The molecule has 0 fully saturated rings. The zero-order chi connectivity index (χ0) is 17.3. The quantitative estimate of drug-likeness (QED) is 0.773. The Morgan fingerprint density at radius 1 is 1.33 bits per heavy atom. The smallest absolute Gasteiger partial charge is 0.258 e. The third kappa shape index (κ3) is 2.95. The summed E-state index contributed by atoms with van der Waals surface area (Å²) in [7, 11) is 1.90. The lowest BCUT2D eigenvalue weighted by atomic mass is 10.1. The molecule has 0 bridgehead atoms. The Morgan fingerprint density at radius 3 is 2.71 bits per heavy atom. The summed E-state index contributed by atoms with van der Waals surface area (Å²) in [5.41, 5.74) is 2.77. The van der Waals surface area contributed by atoms with Crippen LogP contribution in [0, 0.1) is 6.92 Å². The number of carbonyl (C=O) groups excluding carboxylic acids is 1. The molecule has 3 rings (SSSR count). The molecule has 2 heterocycles. The van der Waals surface area contributed by atoms with Crippen LogP contribution in [0.3, 0.4) is 0 Å². The number of rotatable bonds is 4. The van der Waals surface area contributed by atoms with Gasteiger partial charge in [-0.15, -0.1) is 0 Å². The third-order valence-electron chi connectivity index (χ3n) is 3.78. The van der Waals surface area contributed by atoms with Gasteiger partial charge in [-0.2, -0.15) is 0 Å². The van der Waals surface area contributed by atoms with Gasteiger partial charge in [-0.3, -0.25) is 4.79 Å². The van der Waals surface area contributed by atoms with Gasteiger partial charge < -0.3 is 14.6 Å². The summed E-state index contributed by atoms with van der Waals surface area (Å²) < 4.78 is 7.28. The van der Waals surface area contributed by atoms with Crippen molar-refractivity contribution < 1.29 is 9.53 Å². The first kappa shape index (κ1) is 16.3. The summed E-state index contributed by atoms with van der Waals surface area (Å²) in [6.45, 7) is 4.47. The summed E-state index contributed by atoms with van der Waals surface area (Å²) in [6.07, 6.45) is 3.45. The predicted octanol–water partition coefficient (Wildman–Crippen LogP) is 4.19. The number of nitrogens with zero attached hydrogens (tertiary/aromatic N) is 2. The molecule has 2 aromatic heterocycles. The van der Waals surface area contributed by atoms with E-state index in [9.17, 15) is 4.79 Å². The van der Waals surface area contributed by atoms with Crippen LogP contribution in [-0.4, -0.2) is 22.1 Å². The number of aryl methyl sites for hydroxylation is 2. The van der Waals surface area contributed by atoms with Crippen LogP contribution in [-0.2, 0) is 7.05 Å². The molecule has 0 aliphatic rings. The average molecular weight is 344 g/mol. The van der Waals surface area contributed by atoms with E-state index in [1.165, 1.54) is 6.20 Å². The van der Waals surface area contributed by atoms with Crippen molar-refractivity contribution in [2.75, 3.05) is 11.9 Å². The lowest BCUT2D eigenvalue weighted by Gasteiger charge is -2.09. The zero-order valence-electron chi connectivity index (χ0n) is 13.8. The highest BCUT2D eigenvalue weighted by molar-refractivity contribution is 6.39. The minimum Gasteiger partial charge on any atom is -0.494 e. The second kappa shape index (κ2) is 6.53. The molecule has 3 aromatic rings. The highest BCUT2D eigenvalue weighted by Gasteiger charge is 2.17. The van der Waals surface area contributed by atoms with Crippen molar-refractivity contribution >= 4 is 34.2 Å². The van der Waals surface area contributed by atoms with E-state index in [-0.39, 0.29) is 5.91 Å². The van der Waals surface area contributed by atoms with Crippen LogP contribution in [0.4, 0.5) is 5.69 Å². The maximum atomic E-state index is 12.5. The second-order valence-corrected chi connectivity index (χ2v) is 5.90. The molecule has 0 aliphatic carbocycles. The maximum absolute atomic E-state index is 12.5. The summed E-state index contributed by atoms with van der Waals surface area (Å²) in [5.74, 6) is 0.471. The lowest BCUT2D eigenvalue weighted by Crippen LogP contribution is -2.13. The third-order valence-corrected chi connectivity index (χ3v) is 4.17. The Labute approximate surface area is 145 Å². The van der Waals surface area contributed by atoms with E-state index < -0.39 is 0 Å². The summed E-state index contributed by atoms with van der Waals surface area (Å²) in [4.78, 5) is 16.9. The van der Waals surface area contributed by atoms with Crippen LogP contribution < -0.4 is 10.1 Å². The van der Waals surface area contributed by atoms with Crippen molar-refractivity contribution in [1.29, 1.82) is 0 Å². The molecule has 124 valence electrons. The Balaban J connectivity index is 1.88. The molecule has 6 heteroatoms. The first-order chi connectivity index (χ1) is 11.5. The van der Waals surface area contributed by atoms with Crippen LogP contribution in [0.15, 0.2) is 36.7 Å². The summed E-state index contributed by atoms with van der Waals surface area (Å²) in [6, 6.07) is 7.19. The molecule has 5 nitrogen and oxygen atoms in total. The maximum Gasteiger partial charge on any atom is 0.258 e. The first-order valence-electron chi connectivity index (χ1n) is 7.65. The first-order valence-corrected chi connectivity index (χ1v) is 8.03. The van der Waals surface area contributed by atoms with Crippen molar-refractivity contribution in [3.8, 4) is 5.75 Å². The molecule has 1 aromatic carbocycles. The zero-order valence-corrected chi connectivity index (χ0v) is 14.5. The minimum atomic E-state index is -0.290. The standard InChI is InChI=1S/C18H18ClN3O2/c1-4-24-13-7-5-12(6-8-13)21-18(23)14-9-20-17-15(16(14)19)11(2)10-22(17)3/h5-10H,4H2,1-3H3,(H,21,23). The molecular weight excluding hydrogens is 326 g/mol. The van der Waals surface area contributed by atoms with E-state index in [0.29, 0.717) is 22.9 Å². The Morgan fingerprint density at radius 2 is 2.04 bits per heavy atom. The van der Waals surface area contributed by atoms with Crippen molar-refractivity contribution in [3.63, 3.8) is 0 Å². The van der Waals surface area contributed by atoms with Gasteiger partial charge in [0.15, 0.2) is 0 Å². The Hall–Kier alpha value is -2.53. The van der Waals surface area contributed by atoms with Crippen molar-refractivity contribution in [3.05, 3.63) is 52.8 Å². The molecule has 0 spiro atoms. The number of nitrogens with one attached hydrogen (secondary N) is 1. The largest absolute Gasteiger partial charge is 0.494 e. The molecule has 0 saturated carbocycles. The molecule has 1 amide bonds. The number of fused-ring (bicyclic) bond motifs is 1. The number of ether oxygens (including phenoxy) is 1. The van der Waals surface area contributed by atoms with E-state index >= 15 is 0 Å². The van der Waals surface area contributed by atoms with E-state index in [1.807, 2.05) is 43.8 Å². The van der Waals surface area contributed by atoms with Gasteiger partial charge in [0.25, 0.3) is 5.91 Å². The van der Waals surface area contributed by atoms with Crippen molar-refractivity contribution in [1.82, 2.24) is 9.55 Å². The van der Waals surface area contributed by atoms with Gasteiger partial charge >= 0.3 is 0 Å². The Kier molecular flexibility index (Phi) is 4.44. The second-order valence-electron chi connectivity index (χ2n) is 5.52. The topological polar surface area (TPSA) is 56.1 Å². The SMILES string of the molecule is CCOc1ccc(NC(=O)c2cnc3c(c(C)cn3C)c2Cl)cc1. The van der Waals surface area contributed by atoms with Gasteiger partial charge in [-0.1, -0.05) is 11.6 Å². The monoisotopic (exact) mass is 343 g/mol. The normalized spacial score (nSPS) is 10.8. The van der Waals surface area contributed by atoms with Crippen LogP contribution >= 0.6 is 11.6 Å². The fourth-order valence-corrected chi connectivity index (χ4v) is 3.04. The highest BCUT2D eigenvalue weighted by Crippen LogP contribution is 2.30. The number of halogens is 1. The predicted molar refractivity (Wildman–Crippen MR) is 96.0 cm³/mol. The highest BCUT2D eigenvalue weighted by atomic mass is 35.5. The molecule has 0 unspecified atom stereocenters. The fourth-order valence-electron chi connectivity index (χ4n) is 2.67. The van der Waals surface area contributed by atoms with Gasteiger partial charge in [0, 0.05) is 30.5 Å². The van der Waals surface area contributed by atoms with Gasteiger partial charge in [0.1, 0.15) is 11.4 Å². The molecule has 24 heavy (non-hydrogen) atoms. The number of carbonyl (C=O) groups is 1. The number of amides is 1. The lowest BCUT2D eigenvalue weighted by molar-refractivity contribution is 0.102. The molecule has 0 atom stereocenters. The van der Waals surface area contributed by atoms with Crippen LogP contribution in [0.2, 0.25) is 5.02 Å². The summed E-state index contributed by atoms with van der Waals surface area (Å²) >= 11 is 6.45. The van der Waals surface area contributed by atoms with Crippen molar-refractivity contribution in [2.24, 2.45) is 7.05 Å². The average Bonchev–Trinajstić information content (AvgIpc) is 2.85. The fraction of sp³-hybridized carbons (Fsp3) is 0.222. The van der Waals surface area contributed by atoms with Gasteiger partial charge in [-0.25, -0.2) is 4.98 Å². The van der Waals surface area contributed by atoms with E-state index in [1.54, 1.807) is 12.1 Å². The molecule has 0 aliphatic heterocycles. The summed E-state index contributed by atoms with van der Waals surface area (Å²) in [5, 5.41) is 4.06. The molecule has 1 N–H and O–H groups in total. The van der Waals surface area contributed by atoms with Crippen LogP contribution in [0.25, 0.3) is 11.0 Å².